The number of hydrogen-bond donors (Lipinski definition) is 0. The summed E-state index contributed by atoms with van der Waals surface area (Å²) in [5.74, 6) is 0. The summed E-state index contributed by atoms with van der Waals surface area (Å²) >= 11 is 0. The number of hydrogen-bond acceptors (Lipinski definition) is 2. The molecule has 0 radical (unpaired) electrons. The van der Waals surface area contributed by atoms with Crippen LogP contribution in [0.1, 0.15) is 11.1 Å². The molecule has 1 heterocycles. The Kier molecular flexibility index (Phi) is 3.65. The van der Waals surface area contributed by atoms with Crippen molar-refractivity contribution in [1.29, 1.82) is 0 Å². The van der Waals surface area contributed by atoms with Crippen LogP contribution in [0.3, 0.4) is 0 Å². The second kappa shape index (κ2) is 6.28. The summed E-state index contributed by atoms with van der Waals surface area (Å²) in [7, 11) is -3.50. The molecule has 1 aliphatic heterocycles. The van der Waals surface area contributed by atoms with Crippen molar-refractivity contribution in [2.24, 2.45) is 0 Å². The number of rotatable bonds is 1. The lowest BCUT2D eigenvalue weighted by Gasteiger charge is -2.20. The molecule has 5 aromatic carbocycles. The van der Waals surface area contributed by atoms with Gasteiger partial charge in [0, 0.05) is 6.42 Å². The predicted octanol–water partition coefficient (Wildman–Crippen LogP) is 6.40. The number of benzene rings is 5. The van der Waals surface area contributed by atoms with Crippen LogP contribution in [-0.4, -0.2) is 8.42 Å². The van der Waals surface area contributed by atoms with Crippen LogP contribution in [0, 0.1) is 0 Å². The Labute approximate surface area is 175 Å². The monoisotopic (exact) mass is 406 g/mol. The molecule has 0 spiro atoms. The van der Waals surface area contributed by atoms with Gasteiger partial charge in [-0.3, -0.25) is 0 Å². The fourth-order valence-electron chi connectivity index (χ4n) is 4.56. The Bertz CT molecular complexity index is 1580. The molecule has 0 unspecified atom stereocenters. The standard InChI is InChI=1S/C27H18O2S/c28-30(29)26-8-4-2-6-22(26)16-23-12-10-20(17-27(23)30)19-13-14-25-21(15-19)11-9-18-5-1-3-7-24(18)25/h1-15,17H,16H2. The first-order chi connectivity index (χ1) is 14.6. The van der Waals surface area contributed by atoms with Crippen LogP contribution in [0.25, 0.3) is 32.7 Å². The number of sulfone groups is 1. The Morgan fingerprint density at radius 1 is 0.533 bits per heavy atom. The zero-order valence-electron chi connectivity index (χ0n) is 16.2. The normalized spacial score (nSPS) is 14.4. The van der Waals surface area contributed by atoms with Gasteiger partial charge in [-0.2, -0.15) is 0 Å². The highest BCUT2D eigenvalue weighted by molar-refractivity contribution is 7.91. The molecule has 5 aromatic rings. The molecule has 30 heavy (non-hydrogen) atoms. The third-order valence-electron chi connectivity index (χ3n) is 6.08. The van der Waals surface area contributed by atoms with Crippen molar-refractivity contribution in [3.05, 3.63) is 108 Å². The third kappa shape index (κ3) is 2.52. The molecule has 0 fully saturated rings. The van der Waals surface area contributed by atoms with Gasteiger partial charge in [-0.1, -0.05) is 78.9 Å². The first kappa shape index (κ1) is 17.4. The van der Waals surface area contributed by atoms with Crippen molar-refractivity contribution in [3.8, 4) is 11.1 Å². The molecule has 3 heteroatoms. The van der Waals surface area contributed by atoms with Gasteiger partial charge in [0.05, 0.1) is 9.79 Å². The lowest BCUT2D eigenvalue weighted by Crippen LogP contribution is -2.14. The molecule has 0 aliphatic carbocycles. The minimum Gasteiger partial charge on any atom is -0.218 e. The van der Waals surface area contributed by atoms with Crippen molar-refractivity contribution in [3.63, 3.8) is 0 Å². The van der Waals surface area contributed by atoms with E-state index >= 15 is 0 Å². The number of fused-ring (bicyclic) bond motifs is 5. The van der Waals surface area contributed by atoms with Crippen molar-refractivity contribution in [2.45, 2.75) is 16.2 Å². The molecule has 0 saturated heterocycles. The summed E-state index contributed by atoms with van der Waals surface area (Å²) in [6.45, 7) is 0. The first-order valence-electron chi connectivity index (χ1n) is 9.99. The highest BCUT2D eigenvalue weighted by atomic mass is 32.2. The molecule has 6 rings (SSSR count). The molecule has 0 bridgehead atoms. The second-order valence-corrected chi connectivity index (χ2v) is 9.72. The first-order valence-corrected chi connectivity index (χ1v) is 11.5. The maximum atomic E-state index is 13.2. The van der Waals surface area contributed by atoms with Gasteiger partial charge in [0.25, 0.3) is 0 Å². The van der Waals surface area contributed by atoms with Gasteiger partial charge in [-0.25, -0.2) is 8.42 Å². The lowest BCUT2D eigenvalue weighted by molar-refractivity contribution is 0.591. The van der Waals surface area contributed by atoms with Gasteiger partial charge in [0.1, 0.15) is 0 Å². The Morgan fingerprint density at radius 2 is 1.20 bits per heavy atom. The quantitative estimate of drug-likeness (QED) is 0.296. The smallest absolute Gasteiger partial charge is 0.207 e. The summed E-state index contributed by atoms with van der Waals surface area (Å²) < 4.78 is 26.5. The molecular formula is C27H18O2S. The van der Waals surface area contributed by atoms with E-state index in [1.807, 2.05) is 36.4 Å². The summed E-state index contributed by atoms with van der Waals surface area (Å²) in [6, 6.07) is 32.1. The van der Waals surface area contributed by atoms with Crippen molar-refractivity contribution in [2.75, 3.05) is 0 Å². The zero-order valence-corrected chi connectivity index (χ0v) is 17.0. The largest absolute Gasteiger partial charge is 0.218 e. The minimum absolute atomic E-state index is 0.428. The molecule has 0 amide bonds. The molecule has 1 aliphatic rings. The minimum atomic E-state index is -3.50. The van der Waals surface area contributed by atoms with Gasteiger partial charge in [-0.05, 0) is 62.0 Å². The fourth-order valence-corrected chi connectivity index (χ4v) is 6.31. The summed E-state index contributed by atoms with van der Waals surface area (Å²) in [4.78, 5) is 0.858. The van der Waals surface area contributed by atoms with Crippen LogP contribution in [0.2, 0.25) is 0 Å². The van der Waals surface area contributed by atoms with Crippen molar-refractivity contribution < 1.29 is 8.42 Å². The maximum Gasteiger partial charge on any atom is 0.207 e. The Morgan fingerprint density at radius 3 is 2.13 bits per heavy atom. The van der Waals surface area contributed by atoms with Crippen LogP contribution in [0.5, 0.6) is 0 Å². The lowest BCUT2D eigenvalue weighted by atomic mass is 9.96. The maximum absolute atomic E-state index is 13.2. The van der Waals surface area contributed by atoms with Crippen LogP contribution in [0.4, 0.5) is 0 Å². The van der Waals surface area contributed by atoms with Crippen molar-refractivity contribution in [1.82, 2.24) is 0 Å². The van der Waals surface area contributed by atoms with E-state index in [4.69, 9.17) is 0 Å². The SMILES string of the molecule is O=S1(=O)c2ccccc2Cc2ccc(-c3ccc4c(ccc5ccccc54)c3)cc21. The van der Waals surface area contributed by atoms with Gasteiger partial charge >= 0.3 is 0 Å². The van der Waals surface area contributed by atoms with Crippen molar-refractivity contribution >= 4 is 31.4 Å². The van der Waals surface area contributed by atoms with E-state index in [1.165, 1.54) is 16.2 Å². The average Bonchev–Trinajstić information content (AvgIpc) is 2.78. The van der Waals surface area contributed by atoms with Gasteiger partial charge < -0.3 is 0 Å². The molecule has 2 nitrogen and oxygen atoms in total. The van der Waals surface area contributed by atoms with Crippen LogP contribution in [0.15, 0.2) is 107 Å². The van der Waals surface area contributed by atoms with E-state index < -0.39 is 9.84 Å². The van der Waals surface area contributed by atoms with E-state index in [1.54, 1.807) is 12.1 Å². The molecular weight excluding hydrogens is 388 g/mol. The molecule has 0 aromatic heterocycles. The fraction of sp³-hybridized carbons (Fsp3) is 0.0370. The Hall–Kier alpha value is -3.43. The highest BCUT2D eigenvalue weighted by Gasteiger charge is 2.29. The molecule has 0 atom stereocenters. The van der Waals surface area contributed by atoms with E-state index in [9.17, 15) is 8.42 Å². The van der Waals surface area contributed by atoms with Gasteiger partial charge in [-0.15, -0.1) is 0 Å². The summed E-state index contributed by atoms with van der Waals surface area (Å²) in [6.07, 6.45) is 0.648. The van der Waals surface area contributed by atoms with Gasteiger partial charge in [0.2, 0.25) is 9.84 Å². The zero-order chi connectivity index (χ0) is 20.3. The third-order valence-corrected chi connectivity index (χ3v) is 8.01. The molecule has 0 N–H and O–H groups in total. The average molecular weight is 407 g/mol. The van der Waals surface area contributed by atoms with Crippen LogP contribution >= 0.6 is 0 Å². The summed E-state index contributed by atoms with van der Waals surface area (Å²) in [5, 5.41) is 4.80. The predicted molar refractivity (Wildman–Crippen MR) is 122 cm³/mol. The van der Waals surface area contributed by atoms with E-state index in [0.717, 1.165) is 27.6 Å². The van der Waals surface area contributed by atoms with Crippen LogP contribution in [-0.2, 0) is 16.3 Å². The van der Waals surface area contributed by atoms with E-state index in [2.05, 4.69) is 48.5 Å². The van der Waals surface area contributed by atoms with Crippen LogP contribution < -0.4 is 0 Å². The molecule has 0 saturated carbocycles. The van der Waals surface area contributed by atoms with Gasteiger partial charge in [0.15, 0.2) is 0 Å². The van der Waals surface area contributed by atoms with E-state index in [0.29, 0.717) is 16.2 Å². The van der Waals surface area contributed by atoms with E-state index in [-0.39, 0.29) is 0 Å². The highest BCUT2D eigenvalue weighted by Crippen LogP contribution is 2.37. The topological polar surface area (TPSA) is 34.1 Å². The molecule has 144 valence electrons. The Balaban J connectivity index is 1.51. The summed E-state index contributed by atoms with van der Waals surface area (Å²) in [5.41, 5.74) is 3.68. The second-order valence-electron chi connectivity index (χ2n) is 7.83.